The first-order chi connectivity index (χ1) is 9.35. The molecule has 0 aliphatic rings. The second-order valence-electron chi connectivity index (χ2n) is 6.40. The number of rotatable bonds is 8. The Morgan fingerprint density at radius 3 is 2.60 bits per heavy atom. The summed E-state index contributed by atoms with van der Waals surface area (Å²) in [4.78, 5) is 15.7. The van der Waals surface area contributed by atoms with Gasteiger partial charge >= 0.3 is 0 Å². The molecule has 0 atom stereocenters. The van der Waals surface area contributed by atoms with E-state index in [0.717, 1.165) is 19.4 Å². The standard InChI is InChI=1S/C16H28N2OS/c1-13(2)18(12-14-6-5-11-20-14)15(19)7-8-16(3,4)9-10-17/h5-6,11,13H,7-10,12,17H2,1-4H3. The predicted molar refractivity (Wildman–Crippen MR) is 86.7 cm³/mol. The number of nitrogens with two attached hydrogens (primary N) is 1. The molecule has 1 amide bonds. The van der Waals surface area contributed by atoms with Crippen LogP contribution in [0.25, 0.3) is 0 Å². The Labute approximate surface area is 127 Å². The van der Waals surface area contributed by atoms with E-state index in [1.807, 2.05) is 11.0 Å². The van der Waals surface area contributed by atoms with Crippen molar-refractivity contribution < 1.29 is 4.79 Å². The lowest BCUT2D eigenvalue weighted by Crippen LogP contribution is -2.36. The fraction of sp³-hybridized carbons (Fsp3) is 0.688. The summed E-state index contributed by atoms with van der Waals surface area (Å²) in [5.41, 5.74) is 5.77. The molecule has 0 radical (unpaired) electrons. The molecule has 0 fully saturated rings. The Bertz CT molecular complexity index is 399. The van der Waals surface area contributed by atoms with Crippen molar-refractivity contribution in [3.63, 3.8) is 0 Å². The number of nitrogens with zero attached hydrogens (tertiary/aromatic N) is 1. The van der Waals surface area contributed by atoms with Crippen molar-refractivity contribution in [3.05, 3.63) is 22.4 Å². The van der Waals surface area contributed by atoms with Gasteiger partial charge in [0.15, 0.2) is 0 Å². The van der Waals surface area contributed by atoms with E-state index in [4.69, 9.17) is 5.73 Å². The summed E-state index contributed by atoms with van der Waals surface area (Å²) in [6.07, 6.45) is 2.47. The molecule has 4 heteroatoms. The fourth-order valence-corrected chi connectivity index (χ4v) is 2.94. The van der Waals surface area contributed by atoms with Crippen LogP contribution >= 0.6 is 11.3 Å². The highest BCUT2D eigenvalue weighted by Crippen LogP contribution is 2.27. The van der Waals surface area contributed by atoms with Gasteiger partial charge in [-0.25, -0.2) is 0 Å². The molecule has 0 aliphatic carbocycles. The van der Waals surface area contributed by atoms with E-state index < -0.39 is 0 Å². The third kappa shape index (κ3) is 5.63. The van der Waals surface area contributed by atoms with Gasteiger partial charge in [0.25, 0.3) is 0 Å². The summed E-state index contributed by atoms with van der Waals surface area (Å²) < 4.78 is 0. The van der Waals surface area contributed by atoms with Crippen LogP contribution in [-0.4, -0.2) is 23.4 Å². The number of thiophene rings is 1. The lowest BCUT2D eigenvalue weighted by molar-refractivity contribution is -0.134. The van der Waals surface area contributed by atoms with Gasteiger partial charge in [0, 0.05) is 17.3 Å². The summed E-state index contributed by atoms with van der Waals surface area (Å²) in [6.45, 7) is 9.95. The second kappa shape index (κ2) is 7.79. The molecular formula is C16H28N2OS. The highest BCUT2D eigenvalue weighted by atomic mass is 32.1. The van der Waals surface area contributed by atoms with Crippen LogP contribution in [0.15, 0.2) is 17.5 Å². The maximum Gasteiger partial charge on any atom is 0.223 e. The number of amides is 1. The van der Waals surface area contributed by atoms with Gasteiger partial charge in [-0.2, -0.15) is 0 Å². The molecule has 0 saturated carbocycles. The minimum absolute atomic E-state index is 0.149. The maximum absolute atomic E-state index is 12.5. The number of carbonyl (C=O) groups excluding carboxylic acids is 1. The van der Waals surface area contributed by atoms with Crippen LogP contribution in [0.3, 0.4) is 0 Å². The average molecular weight is 296 g/mol. The number of hydrogen-bond acceptors (Lipinski definition) is 3. The van der Waals surface area contributed by atoms with Crippen molar-refractivity contribution in [1.82, 2.24) is 4.90 Å². The summed E-state index contributed by atoms with van der Waals surface area (Å²) in [5.74, 6) is 0.249. The molecule has 0 aromatic carbocycles. The molecule has 0 saturated heterocycles. The SMILES string of the molecule is CC(C)N(Cc1cccs1)C(=O)CCC(C)(C)CCN. The Morgan fingerprint density at radius 2 is 2.10 bits per heavy atom. The molecule has 20 heavy (non-hydrogen) atoms. The predicted octanol–water partition coefficient (Wildman–Crippen LogP) is 3.64. The molecule has 1 rings (SSSR count). The number of hydrogen-bond donors (Lipinski definition) is 1. The molecular weight excluding hydrogens is 268 g/mol. The van der Waals surface area contributed by atoms with E-state index >= 15 is 0 Å². The normalized spacial score (nSPS) is 11.9. The zero-order valence-electron chi connectivity index (χ0n) is 13.2. The number of carbonyl (C=O) groups is 1. The fourth-order valence-electron chi connectivity index (χ4n) is 2.23. The van der Waals surface area contributed by atoms with Gasteiger partial charge in [0.05, 0.1) is 6.54 Å². The summed E-state index contributed by atoms with van der Waals surface area (Å²) in [7, 11) is 0. The molecule has 0 spiro atoms. The van der Waals surface area contributed by atoms with Crippen molar-refractivity contribution in [1.29, 1.82) is 0 Å². The van der Waals surface area contributed by atoms with Crippen LogP contribution in [0.2, 0.25) is 0 Å². The first-order valence-electron chi connectivity index (χ1n) is 7.37. The van der Waals surface area contributed by atoms with Crippen LogP contribution in [0, 0.1) is 5.41 Å². The highest BCUT2D eigenvalue weighted by molar-refractivity contribution is 7.09. The molecule has 1 heterocycles. The molecule has 0 bridgehead atoms. The molecule has 0 aliphatic heterocycles. The van der Waals surface area contributed by atoms with Crippen LogP contribution < -0.4 is 5.73 Å². The van der Waals surface area contributed by atoms with Gasteiger partial charge in [-0.3, -0.25) is 4.79 Å². The zero-order chi connectivity index (χ0) is 15.2. The van der Waals surface area contributed by atoms with E-state index in [2.05, 4.69) is 39.1 Å². The van der Waals surface area contributed by atoms with E-state index in [9.17, 15) is 4.79 Å². The van der Waals surface area contributed by atoms with Crippen LogP contribution in [0.4, 0.5) is 0 Å². The molecule has 1 aromatic heterocycles. The van der Waals surface area contributed by atoms with E-state index in [1.165, 1.54) is 4.88 Å². The quantitative estimate of drug-likeness (QED) is 0.796. The Hall–Kier alpha value is -0.870. The van der Waals surface area contributed by atoms with Crippen molar-refractivity contribution in [2.45, 2.75) is 59.5 Å². The van der Waals surface area contributed by atoms with E-state index in [-0.39, 0.29) is 17.4 Å². The van der Waals surface area contributed by atoms with Crippen molar-refractivity contribution in [2.75, 3.05) is 6.54 Å². The molecule has 0 unspecified atom stereocenters. The van der Waals surface area contributed by atoms with Gasteiger partial charge < -0.3 is 10.6 Å². The summed E-state index contributed by atoms with van der Waals surface area (Å²) in [6, 6.07) is 4.36. The third-order valence-corrected chi connectivity index (χ3v) is 4.55. The smallest absolute Gasteiger partial charge is 0.223 e. The van der Waals surface area contributed by atoms with Crippen molar-refractivity contribution >= 4 is 17.2 Å². The summed E-state index contributed by atoms with van der Waals surface area (Å²) in [5, 5.41) is 2.06. The highest BCUT2D eigenvalue weighted by Gasteiger charge is 2.22. The van der Waals surface area contributed by atoms with Gasteiger partial charge in [-0.15, -0.1) is 11.3 Å². The Morgan fingerprint density at radius 1 is 1.40 bits per heavy atom. The van der Waals surface area contributed by atoms with Crippen molar-refractivity contribution in [2.24, 2.45) is 11.1 Å². The van der Waals surface area contributed by atoms with Gasteiger partial charge in [-0.1, -0.05) is 19.9 Å². The molecule has 114 valence electrons. The lowest BCUT2D eigenvalue weighted by atomic mass is 9.84. The average Bonchev–Trinajstić information content (AvgIpc) is 2.85. The van der Waals surface area contributed by atoms with Crippen molar-refractivity contribution in [3.8, 4) is 0 Å². The topological polar surface area (TPSA) is 46.3 Å². The van der Waals surface area contributed by atoms with Crippen LogP contribution in [0.1, 0.15) is 51.8 Å². The Balaban J connectivity index is 2.57. The minimum Gasteiger partial charge on any atom is -0.335 e. The van der Waals surface area contributed by atoms with Gasteiger partial charge in [0.2, 0.25) is 5.91 Å². The Kier molecular flexibility index (Phi) is 6.69. The second-order valence-corrected chi connectivity index (χ2v) is 7.43. The van der Waals surface area contributed by atoms with Crippen LogP contribution in [-0.2, 0) is 11.3 Å². The maximum atomic E-state index is 12.5. The lowest BCUT2D eigenvalue weighted by Gasteiger charge is -2.29. The van der Waals surface area contributed by atoms with Gasteiger partial charge in [0.1, 0.15) is 0 Å². The zero-order valence-corrected chi connectivity index (χ0v) is 14.0. The molecule has 2 N–H and O–H groups in total. The minimum atomic E-state index is 0.149. The first kappa shape index (κ1) is 17.2. The third-order valence-electron chi connectivity index (χ3n) is 3.69. The van der Waals surface area contributed by atoms with Crippen LogP contribution in [0.5, 0.6) is 0 Å². The first-order valence-corrected chi connectivity index (χ1v) is 8.25. The van der Waals surface area contributed by atoms with E-state index in [0.29, 0.717) is 13.0 Å². The molecule has 3 nitrogen and oxygen atoms in total. The monoisotopic (exact) mass is 296 g/mol. The summed E-state index contributed by atoms with van der Waals surface area (Å²) >= 11 is 1.71. The van der Waals surface area contributed by atoms with E-state index in [1.54, 1.807) is 11.3 Å². The molecule has 1 aromatic rings. The van der Waals surface area contributed by atoms with Gasteiger partial charge in [-0.05, 0) is 50.1 Å². The largest absolute Gasteiger partial charge is 0.335 e.